The first-order chi connectivity index (χ1) is 14.3. The van der Waals surface area contributed by atoms with Crippen LogP contribution in [-0.4, -0.2) is 46.3 Å². The van der Waals surface area contributed by atoms with Gasteiger partial charge in [0.25, 0.3) is 0 Å². The molecule has 1 aliphatic rings. The topological polar surface area (TPSA) is 84.7 Å². The molecule has 0 saturated carbocycles. The molecule has 1 saturated heterocycles. The predicted octanol–water partition coefficient (Wildman–Crippen LogP) is 3.22. The van der Waals surface area contributed by atoms with Crippen molar-refractivity contribution in [1.82, 2.24) is 20.2 Å². The number of nitrogens with one attached hydrogen (secondary N) is 1. The molecule has 5 rings (SSSR count). The lowest BCUT2D eigenvalue weighted by atomic mass is 10.1. The van der Waals surface area contributed by atoms with Gasteiger partial charge >= 0.3 is 0 Å². The lowest BCUT2D eigenvalue weighted by Crippen LogP contribution is -2.46. The fraction of sp³-hybridized carbons (Fsp3) is 0.182. The monoisotopic (exact) mass is 381 g/mol. The minimum Gasteiger partial charge on any atom is -0.368 e. The fourth-order valence-electron chi connectivity index (χ4n) is 3.81. The van der Waals surface area contributed by atoms with E-state index in [0.717, 1.165) is 59.7 Å². The van der Waals surface area contributed by atoms with Crippen molar-refractivity contribution in [2.45, 2.75) is 0 Å². The Kier molecular flexibility index (Phi) is 4.30. The molecule has 2 aromatic carbocycles. The number of H-pyrrole nitrogens is 1. The quantitative estimate of drug-likeness (QED) is 0.587. The van der Waals surface area contributed by atoms with E-state index in [9.17, 15) is 0 Å². The molecule has 0 radical (unpaired) electrons. The largest absolute Gasteiger partial charge is 0.368 e. The highest BCUT2D eigenvalue weighted by molar-refractivity contribution is 5.92. The molecule has 0 aliphatic carbocycles. The molecule has 7 heteroatoms. The van der Waals surface area contributed by atoms with Crippen molar-refractivity contribution in [3.8, 4) is 17.2 Å². The zero-order chi connectivity index (χ0) is 19.6. The third-order valence-corrected chi connectivity index (χ3v) is 5.39. The second kappa shape index (κ2) is 7.24. The highest BCUT2D eigenvalue weighted by atomic mass is 15.3. The Morgan fingerprint density at radius 2 is 1.69 bits per heavy atom. The van der Waals surface area contributed by atoms with Gasteiger partial charge in [-0.15, -0.1) is 0 Å². The molecule has 142 valence electrons. The van der Waals surface area contributed by atoms with Gasteiger partial charge in [0, 0.05) is 49.0 Å². The maximum absolute atomic E-state index is 8.98. The number of fused-ring (bicyclic) bond motifs is 1. The van der Waals surface area contributed by atoms with E-state index < -0.39 is 0 Å². The van der Waals surface area contributed by atoms with E-state index in [1.54, 1.807) is 6.33 Å². The average Bonchev–Trinajstić information content (AvgIpc) is 3.34. The number of aromatic nitrogens is 4. The standard InChI is InChI=1S/C22H19N7/c23-12-16-1-4-19(5-2-16)28-7-9-29(10-8-28)22-20-11-17(18-13-26-27-14-18)3-6-21(20)24-15-25-22/h1-6,11,13-15H,7-10H2,(H,26,27). The molecule has 1 N–H and O–H groups in total. The second-order valence-corrected chi connectivity index (χ2v) is 7.05. The summed E-state index contributed by atoms with van der Waals surface area (Å²) >= 11 is 0. The third-order valence-electron chi connectivity index (χ3n) is 5.39. The van der Waals surface area contributed by atoms with Crippen molar-refractivity contribution in [1.29, 1.82) is 5.26 Å². The normalized spacial score (nSPS) is 14.2. The van der Waals surface area contributed by atoms with Gasteiger partial charge in [-0.05, 0) is 42.0 Å². The van der Waals surface area contributed by atoms with Crippen LogP contribution in [0.15, 0.2) is 61.2 Å². The van der Waals surface area contributed by atoms with Crippen molar-refractivity contribution in [3.63, 3.8) is 0 Å². The predicted molar refractivity (Wildman–Crippen MR) is 113 cm³/mol. The van der Waals surface area contributed by atoms with Gasteiger partial charge in [0.15, 0.2) is 0 Å². The Labute approximate surface area is 168 Å². The minimum atomic E-state index is 0.688. The van der Waals surface area contributed by atoms with Gasteiger partial charge in [0.05, 0.1) is 23.3 Å². The summed E-state index contributed by atoms with van der Waals surface area (Å²) in [6.45, 7) is 3.56. The SMILES string of the molecule is N#Cc1ccc(N2CCN(c3ncnc4ccc(-c5cn[nH]c5)cc34)CC2)cc1. The molecular weight excluding hydrogens is 362 g/mol. The number of nitriles is 1. The van der Waals surface area contributed by atoms with Crippen LogP contribution in [0.25, 0.3) is 22.0 Å². The molecule has 0 amide bonds. The van der Waals surface area contributed by atoms with E-state index in [-0.39, 0.29) is 0 Å². The van der Waals surface area contributed by atoms with Gasteiger partial charge < -0.3 is 9.80 Å². The van der Waals surface area contributed by atoms with Crippen LogP contribution < -0.4 is 9.80 Å². The van der Waals surface area contributed by atoms with Crippen molar-refractivity contribution in [2.24, 2.45) is 0 Å². The van der Waals surface area contributed by atoms with E-state index in [1.807, 2.05) is 42.7 Å². The lowest BCUT2D eigenvalue weighted by Gasteiger charge is -2.37. The van der Waals surface area contributed by atoms with Crippen molar-refractivity contribution < 1.29 is 0 Å². The molecule has 0 spiro atoms. The summed E-state index contributed by atoms with van der Waals surface area (Å²) in [5.74, 6) is 0.972. The van der Waals surface area contributed by atoms with Crippen molar-refractivity contribution in [2.75, 3.05) is 36.0 Å². The molecule has 0 atom stereocenters. The Morgan fingerprint density at radius 3 is 2.41 bits per heavy atom. The summed E-state index contributed by atoms with van der Waals surface area (Å²) in [6.07, 6.45) is 5.35. The van der Waals surface area contributed by atoms with Gasteiger partial charge in [-0.1, -0.05) is 6.07 Å². The van der Waals surface area contributed by atoms with Gasteiger partial charge in [-0.3, -0.25) is 5.10 Å². The Bertz CT molecular complexity index is 1170. The summed E-state index contributed by atoms with van der Waals surface area (Å²) in [5.41, 5.74) is 4.93. The van der Waals surface area contributed by atoms with Gasteiger partial charge in [0.2, 0.25) is 0 Å². The lowest BCUT2D eigenvalue weighted by molar-refractivity contribution is 0.649. The van der Waals surface area contributed by atoms with E-state index >= 15 is 0 Å². The number of nitrogens with zero attached hydrogens (tertiary/aromatic N) is 6. The maximum Gasteiger partial charge on any atom is 0.140 e. The molecular formula is C22H19N7. The van der Waals surface area contributed by atoms with Crippen LogP contribution in [0.3, 0.4) is 0 Å². The van der Waals surface area contributed by atoms with Gasteiger partial charge in [0.1, 0.15) is 12.1 Å². The van der Waals surface area contributed by atoms with E-state index in [4.69, 9.17) is 5.26 Å². The smallest absolute Gasteiger partial charge is 0.140 e. The van der Waals surface area contributed by atoms with Crippen LogP contribution in [-0.2, 0) is 0 Å². The van der Waals surface area contributed by atoms with Gasteiger partial charge in [-0.25, -0.2) is 9.97 Å². The highest BCUT2D eigenvalue weighted by Gasteiger charge is 2.20. The van der Waals surface area contributed by atoms with Gasteiger partial charge in [-0.2, -0.15) is 10.4 Å². The molecule has 2 aromatic heterocycles. The summed E-state index contributed by atoms with van der Waals surface area (Å²) in [7, 11) is 0. The number of benzene rings is 2. The van der Waals surface area contributed by atoms with E-state index in [2.05, 4.69) is 48.2 Å². The Balaban J connectivity index is 1.40. The van der Waals surface area contributed by atoms with E-state index in [0.29, 0.717) is 5.56 Å². The summed E-state index contributed by atoms with van der Waals surface area (Å²) in [6, 6.07) is 16.2. The Hall–Kier alpha value is -3.92. The van der Waals surface area contributed by atoms with Crippen molar-refractivity contribution in [3.05, 3.63) is 66.7 Å². The van der Waals surface area contributed by atoms with Crippen molar-refractivity contribution >= 4 is 22.4 Å². The van der Waals surface area contributed by atoms with Crippen LogP contribution in [0.5, 0.6) is 0 Å². The fourth-order valence-corrected chi connectivity index (χ4v) is 3.81. The maximum atomic E-state index is 8.98. The number of piperazine rings is 1. The molecule has 1 aliphatic heterocycles. The average molecular weight is 381 g/mol. The molecule has 7 nitrogen and oxygen atoms in total. The first kappa shape index (κ1) is 17.2. The molecule has 4 aromatic rings. The molecule has 1 fully saturated rings. The summed E-state index contributed by atoms with van der Waals surface area (Å²) in [5, 5.41) is 16.9. The van der Waals surface area contributed by atoms with Crippen LogP contribution in [0.1, 0.15) is 5.56 Å². The Morgan fingerprint density at radius 1 is 0.897 bits per heavy atom. The second-order valence-electron chi connectivity index (χ2n) is 7.05. The number of hydrogen-bond donors (Lipinski definition) is 1. The summed E-state index contributed by atoms with van der Waals surface area (Å²) in [4.78, 5) is 13.7. The van der Waals surface area contributed by atoms with Crippen LogP contribution in [0, 0.1) is 11.3 Å². The van der Waals surface area contributed by atoms with Crippen LogP contribution in [0.4, 0.5) is 11.5 Å². The molecule has 0 bridgehead atoms. The zero-order valence-electron chi connectivity index (χ0n) is 15.8. The molecule has 29 heavy (non-hydrogen) atoms. The first-order valence-electron chi connectivity index (χ1n) is 9.56. The highest BCUT2D eigenvalue weighted by Crippen LogP contribution is 2.29. The number of hydrogen-bond acceptors (Lipinski definition) is 6. The molecule has 3 heterocycles. The van der Waals surface area contributed by atoms with E-state index in [1.165, 1.54) is 0 Å². The summed E-state index contributed by atoms with van der Waals surface area (Å²) < 4.78 is 0. The first-order valence-corrected chi connectivity index (χ1v) is 9.56. The number of aromatic amines is 1. The number of anilines is 2. The van der Waals surface area contributed by atoms with Crippen LogP contribution >= 0.6 is 0 Å². The third kappa shape index (κ3) is 3.25. The molecule has 0 unspecified atom stereocenters. The minimum absolute atomic E-state index is 0.688. The number of rotatable bonds is 3. The van der Waals surface area contributed by atoms with Crippen LogP contribution in [0.2, 0.25) is 0 Å². The zero-order valence-corrected chi connectivity index (χ0v) is 15.8.